The lowest BCUT2D eigenvalue weighted by molar-refractivity contribution is -0.151. The second-order valence-electron chi connectivity index (χ2n) is 7.46. The Hall–Kier alpha value is -0.610. The van der Waals surface area contributed by atoms with Gasteiger partial charge < -0.3 is 5.11 Å². The number of carbonyl (C=O) groups is 1. The van der Waals surface area contributed by atoms with E-state index in [-0.39, 0.29) is 0 Å². The minimum absolute atomic E-state index is 0.296. The fraction of sp³-hybridized carbons (Fsp3) is 0.938. The van der Waals surface area contributed by atoms with Gasteiger partial charge in [0.2, 0.25) is 0 Å². The molecule has 4 nitrogen and oxygen atoms in total. The van der Waals surface area contributed by atoms with E-state index in [0.29, 0.717) is 12.0 Å². The lowest BCUT2D eigenvalue weighted by atomic mass is 9.74. The molecule has 0 aromatic heterocycles. The van der Waals surface area contributed by atoms with Crippen LogP contribution in [0.4, 0.5) is 0 Å². The van der Waals surface area contributed by atoms with Crippen molar-refractivity contribution in [1.82, 2.24) is 9.80 Å². The molecule has 1 N–H and O–H groups in total. The summed E-state index contributed by atoms with van der Waals surface area (Å²) >= 11 is 0. The predicted octanol–water partition coefficient (Wildman–Crippen LogP) is 2.05. The van der Waals surface area contributed by atoms with Crippen molar-refractivity contribution in [3.63, 3.8) is 0 Å². The van der Waals surface area contributed by atoms with Crippen LogP contribution in [-0.4, -0.2) is 59.1 Å². The highest BCUT2D eigenvalue weighted by atomic mass is 16.4. The zero-order chi connectivity index (χ0) is 14.3. The van der Waals surface area contributed by atoms with E-state index in [4.69, 9.17) is 0 Å². The molecule has 3 aliphatic heterocycles. The molecule has 0 aromatic carbocycles. The Balaban J connectivity index is 1.68. The highest BCUT2D eigenvalue weighted by molar-refractivity contribution is 5.74. The summed E-state index contributed by atoms with van der Waals surface area (Å²) < 4.78 is 0. The maximum absolute atomic E-state index is 11.5. The van der Waals surface area contributed by atoms with Crippen molar-refractivity contribution in [3.05, 3.63) is 0 Å². The van der Waals surface area contributed by atoms with Gasteiger partial charge in [-0.15, -0.1) is 0 Å². The maximum atomic E-state index is 11.5. The number of likely N-dealkylation sites (tertiary alicyclic amines) is 1. The van der Waals surface area contributed by atoms with Gasteiger partial charge in [0.05, 0.1) is 5.41 Å². The first-order chi connectivity index (χ1) is 9.50. The van der Waals surface area contributed by atoms with E-state index in [1.807, 2.05) is 13.8 Å². The average Bonchev–Trinajstić information content (AvgIpc) is 3.00. The zero-order valence-electron chi connectivity index (χ0n) is 12.8. The summed E-state index contributed by atoms with van der Waals surface area (Å²) in [6.45, 7) is 8.48. The van der Waals surface area contributed by atoms with Crippen LogP contribution in [-0.2, 0) is 4.79 Å². The van der Waals surface area contributed by atoms with Crippen LogP contribution in [0.15, 0.2) is 0 Å². The topological polar surface area (TPSA) is 43.8 Å². The Morgan fingerprint density at radius 3 is 2.40 bits per heavy atom. The molecule has 0 saturated carbocycles. The van der Waals surface area contributed by atoms with Crippen LogP contribution in [0.1, 0.15) is 46.0 Å². The van der Waals surface area contributed by atoms with E-state index < -0.39 is 11.4 Å². The molecule has 20 heavy (non-hydrogen) atoms. The first-order valence-electron chi connectivity index (χ1n) is 8.21. The second kappa shape index (κ2) is 5.30. The van der Waals surface area contributed by atoms with Gasteiger partial charge in [-0.2, -0.15) is 0 Å². The lowest BCUT2D eigenvalue weighted by Gasteiger charge is -2.43. The minimum atomic E-state index is -0.640. The number of hydrogen-bond acceptors (Lipinski definition) is 3. The molecule has 0 bridgehead atoms. The molecule has 3 fully saturated rings. The summed E-state index contributed by atoms with van der Waals surface area (Å²) in [5.41, 5.74) is -0.591. The van der Waals surface area contributed by atoms with Gasteiger partial charge in [0.1, 0.15) is 0 Å². The van der Waals surface area contributed by atoms with E-state index in [9.17, 15) is 9.90 Å². The van der Waals surface area contributed by atoms with Crippen LogP contribution in [0.25, 0.3) is 0 Å². The number of fused-ring (bicyclic) bond motifs is 1. The van der Waals surface area contributed by atoms with Crippen LogP contribution in [0, 0.1) is 11.3 Å². The van der Waals surface area contributed by atoms with Gasteiger partial charge in [-0.1, -0.05) is 0 Å². The summed E-state index contributed by atoms with van der Waals surface area (Å²) in [4.78, 5) is 16.8. The Labute approximate surface area is 122 Å². The minimum Gasteiger partial charge on any atom is -0.481 e. The molecule has 0 aromatic rings. The van der Waals surface area contributed by atoms with Crippen LogP contribution < -0.4 is 0 Å². The predicted molar refractivity (Wildman–Crippen MR) is 78.7 cm³/mol. The van der Waals surface area contributed by atoms with Crippen molar-refractivity contribution >= 4 is 5.97 Å². The maximum Gasteiger partial charge on any atom is 0.309 e. The third kappa shape index (κ3) is 2.37. The molecule has 0 radical (unpaired) electrons. The van der Waals surface area contributed by atoms with Crippen molar-refractivity contribution in [3.8, 4) is 0 Å². The van der Waals surface area contributed by atoms with Gasteiger partial charge >= 0.3 is 5.97 Å². The van der Waals surface area contributed by atoms with Gasteiger partial charge in [-0.05, 0) is 65.0 Å². The first kappa shape index (κ1) is 14.3. The monoisotopic (exact) mass is 280 g/mol. The molecule has 3 aliphatic rings. The Bertz CT molecular complexity index is 383. The van der Waals surface area contributed by atoms with Crippen LogP contribution in [0.2, 0.25) is 0 Å². The number of rotatable bonds is 3. The molecule has 3 heterocycles. The zero-order valence-corrected chi connectivity index (χ0v) is 12.8. The van der Waals surface area contributed by atoms with Crippen molar-refractivity contribution in [2.45, 2.75) is 58.0 Å². The summed E-state index contributed by atoms with van der Waals surface area (Å²) in [7, 11) is 0. The second-order valence-corrected chi connectivity index (χ2v) is 7.46. The van der Waals surface area contributed by atoms with E-state index in [1.54, 1.807) is 0 Å². The highest BCUT2D eigenvalue weighted by Crippen LogP contribution is 2.38. The molecule has 3 unspecified atom stereocenters. The largest absolute Gasteiger partial charge is 0.481 e. The molecule has 4 heteroatoms. The fourth-order valence-corrected chi connectivity index (χ4v) is 4.55. The van der Waals surface area contributed by atoms with Crippen molar-refractivity contribution < 1.29 is 9.90 Å². The van der Waals surface area contributed by atoms with E-state index >= 15 is 0 Å². The first-order valence-corrected chi connectivity index (χ1v) is 8.21. The van der Waals surface area contributed by atoms with Gasteiger partial charge in [0, 0.05) is 25.2 Å². The Morgan fingerprint density at radius 2 is 1.65 bits per heavy atom. The third-order valence-electron chi connectivity index (χ3n) is 6.06. The molecule has 3 saturated heterocycles. The Kier molecular flexibility index (Phi) is 3.80. The van der Waals surface area contributed by atoms with Crippen LogP contribution >= 0.6 is 0 Å². The van der Waals surface area contributed by atoms with E-state index in [2.05, 4.69) is 9.80 Å². The number of carboxylic acid groups (broad SMARTS) is 1. The molecule has 0 spiro atoms. The van der Waals surface area contributed by atoms with Crippen LogP contribution in [0.3, 0.4) is 0 Å². The Morgan fingerprint density at radius 1 is 1.00 bits per heavy atom. The summed E-state index contributed by atoms with van der Waals surface area (Å²) in [6.07, 6.45) is 6.19. The highest BCUT2D eigenvalue weighted by Gasteiger charge is 2.44. The van der Waals surface area contributed by atoms with Crippen molar-refractivity contribution in [2.75, 3.05) is 26.2 Å². The van der Waals surface area contributed by atoms with Gasteiger partial charge in [-0.3, -0.25) is 14.6 Å². The molecule has 3 rings (SSSR count). The van der Waals surface area contributed by atoms with Gasteiger partial charge in [0.15, 0.2) is 0 Å². The molecular weight excluding hydrogens is 252 g/mol. The van der Waals surface area contributed by atoms with Gasteiger partial charge in [-0.25, -0.2) is 0 Å². The average molecular weight is 280 g/mol. The quantitative estimate of drug-likeness (QED) is 0.859. The molecular formula is C16H28N2O2. The molecule has 0 amide bonds. The number of aliphatic carboxylic acids is 1. The number of nitrogens with zero attached hydrogens (tertiary/aromatic N) is 2. The van der Waals surface area contributed by atoms with Gasteiger partial charge in [0.25, 0.3) is 0 Å². The third-order valence-corrected chi connectivity index (χ3v) is 6.06. The number of carboxylic acids is 1. The molecule has 114 valence electrons. The smallest absolute Gasteiger partial charge is 0.309 e. The van der Waals surface area contributed by atoms with E-state index in [0.717, 1.165) is 25.4 Å². The summed E-state index contributed by atoms with van der Waals surface area (Å²) in [5, 5.41) is 9.47. The number of piperidine rings is 1. The molecule has 3 atom stereocenters. The number of hydrogen-bond donors (Lipinski definition) is 1. The summed E-state index contributed by atoms with van der Waals surface area (Å²) in [5.74, 6) is -0.345. The van der Waals surface area contributed by atoms with Crippen molar-refractivity contribution in [2.24, 2.45) is 11.3 Å². The fourth-order valence-electron chi connectivity index (χ4n) is 4.55. The molecule has 0 aliphatic carbocycles. The lowest BCUT2D eigenvalue weighted by Crippen LogP contribution is -2.51. The van der Waals surface area contributed by atoms with Crippen LogP contribution in [0.5, 0.6) is 0 Å². The normalized spacial score (nSPS) is 36.2. The van der Waals surface area contributed by atoms with Crippen molar-refractivity contribution in [1.29, 1.82) is 0 Å². The standard InChI is InChI=1S/C16H28N2O2/c1-16(2,15(19)20)12-5-3-9-18(11-12)14-7-10-17-8-4-6-13(14)17/h12-14H,3-11H2,1-2H3,(H,19,20). The summed E-state index contributed by atoms with van der Waals surface area (Å²) in [6, 6.07) is 1.44. The van der Waals surface area contributed by atoms with E-state index in [1.165, 1.54) is 38.9 Å². The SMILES string of the molecule is CC(C)(C(=O)O)C1CCCN(C2CCN3CCCC23)C1.